The predicted octanol–water partition coefficient (Wildman–Crippen LogP) is -2.13. The zero-order valence-electron chi connectivity index (χ0n) is 12.5. The summed E-state index contributed by atoms with van der Waals surface area (Å²) in [5.74, 6) is -1.53. The first-order valence-corrected chi connectivity index (χ1v) is 6.57. The van der Waals surface area contributed by atoms with E-state index in [1.807, 2.05) is 0 Å². The van der Waals surface area contributed by atoms with Crippen molar-refractivity contribution in [3.05, 3.63) is 56.8 Å². The van der Waals surface area contributed by atoms with Crippen molar-refractivity contribution < 1.29 is 24.3 Å². The van der Waals surface area contributed by atoms with E-state index in [4.69, 9.17) is 0 Å². The van der Waals surface area contributed by atoms with E-state index in [-0.39, 0.29) is 17.9 Å². The summed E-state index contributed by atoms with van der Waals surface area (Å²) in [5.41, 5.74) is -3.64. The maximum absolute atomic E-state index is 12.1. The van der Waals surface area contributed by atoms with Crippen LogP contribution in [-0.2, 0) is 32.2 Å². The molecule has 0 amide bonds. The summed E-state index contributed by atoms with van der Waals surface area (Å²) in [6, 6.07) is 0. The van der Waals surface area contributed by atoms with Crippen molar-refractivity contribution in [2.45, 2.75) is 13.1 Å². The Morgan fingerprint density at radius 2 is 1.25 bits per heavy atom. The van der Waals surface area contributed by atoms with E-state index in [9.17, 15) is 29.2 Å². The lowest BCUT2D eigenvalue weighted by molar-refractivity contribution is -0.138. The lowest BCUT2D eigenvalue weighted by atomic mass is 10.6. The molecular weight excluding hydrogens is 326 g/mol. The van der Waals surface area contributed by atoms with Crippen molar-refractivity contribution in [1.82, 2.24) is 13.9 Å². The van der Waals surface area contributed by atoms with Crippen LogP contribution >= 0.6 is 0 Å². The molecule has 0 saturated heterocycles. The van der Waals surface area contributed by atoms with E-state index < -0.39 is 42.1 Å². The highest BCUT2D eigenvalue weighted by molar-refractivity contribution is 5.81. The van der Waals surface area contributed by atoms with Crippen molar-refractivity contribution in [2.24, 2.45) is 0 Å². The van der Waals surface area contributed by atoms with Gasteiger partial charge in [-0.3, -0.25) is 0 Å². The second kappa shape index (κ2) is 8.31. The topological polar surface area (TPSA) is 139 Å². The quantitative estimate of drug-likeness (QED) is 0.321. The molecule has 11 nitrogen and oxygen atoms in total. The van der Waals surface area contributed by atoms with Gasteiger partial charge in [0.2, 0.25) is 0 Å². The molecule has 130 valence electrons. The molecule has 1 rings (SSSR count). The van der Waals surface area contributed by atoms with Gasteiger partial charge < -0.3 is 14.7 Å². The van der Waals surface area contributed by atoms with E-state index in [1.165, 1.54) is 0 Å². The van der Waals surface area contributed by atoms with Gasteiger partial charge in [0.25, 0.3) is 0 Å². The maximum atomic E-state index is 12.1. The number of esters is 2. The second-order valence-corrected chi connectivity index (χ2v) is 4.21. The molecule has 1 aromatic heterocycles. The van der Waals surface area contributed by atoms with Gasteiger partial charge in [0, 0.05) is 12.2 Å². The van der Waals surface area contributed by atoms with Crippen molar-refractivity contribution in [1.29, 1.82) is 0 Å². The molecule has 0 saturated carbocycles. The Labute approximate surface area is 134 Å². The van der Waals surface area contributed by atoms with Gasteiger partial charge in [-0.25, -0.2) is 33.1 Å². The number of hydrogen-bond donors (Lipinski definition) is 1. The minimum Gasteiger partial charge on any atom is -0.461 e. The molecular formula is C13H15N3O8. The highest BCUT2D eigenvalue weighted by atomic mass is 16.5. The standard InChI is InChI=1S/C13H15N3O8/c1-3-9(17)23-7-5-14-11(19)15(6-8-24-10(18)4-2)13(21)16(22)12(14)20/h3-4,22H,1-2,5-8H2. The van der Waals surface area contributed by atoms with Gasteiger partial charge in [-0.1, -0.05) is 17.9 Å². The number of rotatable bonds is 8. The fraction of sp³-hybridized carbons (Fsp3) is 0.308. The van der Waals surface area contributed by atoms with Crippen LogP contribution in [0.3, 0.4) is 0 Å². The van der Waals surface area contributed by atoms with Crippen LogP contribution in [0, 0.1) is 0 Å². The average molecular weight is 341 g/mol. The fourth-order valence-corrected chi connectivity index (χ4v) is 1.60. The summed E-state index contributed by atoms with van der Waals surface area (Å²) >= 11 is 0. The Hall–Kier alpha value is -3.37. The molecule has 0 unspecified atom stereocenters. The van der Waals surface area contributed by atoms with E-state index >= 15 is 0 Å². The first-order chi connectivity index (χ1) is 11.3. The first-order valence-electron chi connectivity index (χ1n) is 6.57. The van der Waals surface area contributed by atoms with Crippen LogP contribution in [0.4, 0.5) is 0 Å². The van der Waals surface area contributed by atoms with Gasteiger partial charge in [0.1, 0.15) is 13.2 Å². The van der Waals surface area contributed by atoms with Gasteiger partial charge in [-0.15, -0.1) is 0 Å². The van der Waals surface area contributed by atoms with Crippen LogP contribution in [-0.4, -0.2) is 44.2 Å². The van der Waals surface area contributed by atoms with Crippen LogP contribution in [0.5, 0.6) is 0 Å². The van der Waals surface area contributed by atoms with Crippen LogP contribution < -0.4 is 17.1 Å². The van der Waals surface area contributed by atoms with Crippen LogP contribution in [0.1, 0.15) is 0 Å². The molecule has 0 fully saturated rings. The molecule has 0 aliphatic carbocycles. The summed E-state index contributed by atoms with van der Waals surface area (Å²) in [6.45, 7) is 4.84. The van der Waals surface area contributed by atoms with E-state index in [1.54, 1.807) is 0 Å². The molecule has 0 aromatic carbocycles. The number of ether oxygens (including phenoxy) is 2. The first kappa shape index (κ1) is 18.7. The SMILES string of the molecule is C=CC(=O)OCCn1c(=O)n(O)c(=O)n(CCOC(=O)C=C)c1=O. The second-order valence-electron chi connectivity index (χ2n) is 4.21. The minimum atomic E-state index is -1.29. The maximum Gasteiger partial charge on any atom is 0.369 e. The lowest BCUT2D eigenvalue weighted by Gasteiger charge is -2.10. The van der Waals surface area contributed by atoms with Crippen LogP contribution in [0.2, 0.25) is 0 Å². The predicted molar refractivity (Wildman–Crippen MR) is 78.7 cm³/mol. The number of nitrogens with zero attached hydrogens (tertiary/aromatic N) is 3. The molecule has 1 aromatic rings. The summed E-state index contributed by atoms with van der Waals surface area (Å²) < 4.78 is 9.97. The van der Waals surface area contributed by atoms with Gasteiger partial charge in [-0.05, 0) is 0 Å². The fourth-order valence-electron chi connectivity index (χ4n) is 1.60. The Morgan fingerprint density at radius 3 is 1.58 bits per heavy atom. The highest BCUT2D eigenvalue weighted by Crippen LogP contribution is 1.84. The molecule has 0 bridgehead atoms. The average Bonchev–Trinajstić information content (AvgIpc) is 2.58. The Morgan fingerprint density at radius 1 is 0.875 bits per heavy atom. The van der Waals surface area contributed by atoms with Crippen molar-refractivity contribution in [3.8, 4) is 0 Å². The molecule has 0 atom stereocenters. The van der Waals surface area contributed by atoms with Crippen LogP contribution in [0.15, 0.2) is 39.7 Å². The van der Waals surface area contributed by atoms with E-state index in [2.05, 4.69) is 22.6 Å². The van der Waals surface area contributed by atoms with Crippen LogP contribution in [0.25, 0.3) is 0 Å². The van der Waals surface area contributed by atoms with Gasteiger partial charge in [0.15, 0.2) is 0 Å². The molecule has 1 N–H and O–H groups in total. The zero-order chi connectivity index (χ0) is 18.3. The summed E-state index contributed by atoms with van der Waals surface area (Å²) in [7, 11) is 0. The molecule has 0 aliphatic rings. The largest absolute Gasteiger partial charge is 0.461 e. The monoisotopic (exact) mass is 341 g/mol. The smallest absolute Gasteiger partial charge is 0.369 e. The van der Waals surface area contributed by atoms with Crippen molar-refractivity contribution in [2.75, 3.05) is 13.2 Å². The molecule has 0 radical (unpaired) electrons. The van der Waals surface area contributed by atoms with Crippen molar-refractivity contribution >= 4 is 11.9 Å². The van der Waals surface area contributed by atoms with Gasteiger partial charge >= 0.3 is 29.0 Å². The summed E-state index contributed by atoms with van der Waals surface area (Å²) in [4.78, 5) is 57.5. The van der Waals surface area contributed by atoms with Gasteiger partial charge in [0.05, 0.1) is 13.1 Å². The lowest BCUT2D eigenvalue weighted by Crippen LogP contribution is -2.54. The Balaban J connectivity index is 3.06. The number of carbonyl (C=O) groups excluding carboxylic acids is 2. The van der Waals surface area contributed by atoms with Crippen molar-refractivity contribution in [3.63, 3.8) is 0 Å². The third-order valence-electron chi connectivity index (χ3n) is 2.74. The minimum absolute atomic E-state index is 0.272. The highest BCUT2D eigenvalue weighted by Gasteiger charge is 2.15. The molecule has 11 heteroatoms. The summed E-state index contributed by atoms with van der Waals surface area (Å²) in [6.07, 6.45) is 1.78. The molecule has 24 heavy (non-hydrogen) atoms. The van der Waals surface area contributed by atoms with E-state index in [0.29, 0.717) is 9.13 Å². The Bertz CT molecular complexity index is 765. The van der Waals surface area contributed by atoms with E-state index in [0.717, 1.165) is 12.2 Å². The molecule has 0 aliphatic heterocycles. The molecule has 1 heterocycles. The Kier molecular flexibility index (Phi) is 6.47. The number of aromatic nitrogens is 3. The third kappa shape index (κ3) is 4.32. The zero-order valence-corrected chi connectivity index (χ0v) is 12.5. The number of carbonyl (C=O) groups is 2. The van der Waals surface area contributed by atoms with Gasteiger partial charge in [-0.2, -0.15) is 0 Å². The normalized spacial score (nSPS) is 10.0. The third-order valence-corrected chi connectivity index (χ3v) is 2.74. The summed E-state index contributed by atoms with van der Waals surface area (Å²) in [5, 5.41) is 9.47. The number of hydrogen-bond acceptors (Lipinski definition) is 8. The molecule has 0 spiro atoms.